The van der Waals surface area contributed by atoms with Gasteiger partial charge in [0.05, 0.1) is 4.88 Å². The highest BCUT2D eigenvalue weighted by atomic mass is 32.1. The minimum Gasteiger partial charge on any atom is -0.352 e. The smallest absolute Gasteiger partial charge is 0.328 e. The molecule has 14 heteroatoms. The van der Waals surface area contributed by atoms with Gasteiger partial charge >= 0.3 is 11.4 Å². The molecule has 0 aliphatic carbocycles. The fourth-order valence-corrected chi connectivity index (χ4v) is 4.63. The van der Waals surface area contributed by atoms with Gasteiger partial charge in [0.15, 0.2) is 0 Å². The molecule has 0 atom stereocenters. The summed E-state index contributed by atoms with van der Waals surface area (Å²) in [4.78, 5) is 80.5. The third-order valence-corrected chi connectivity index (χ3v) is 7.18. The molecule has 1 aromatic carbocycles. The lowest BCUT2D eigenvalue weighted by Crippen LogP contribution is -2.32. The van der Waals surface area contributed by atoms with Crippen LogP contribution in [0.4, 0.5) is 5.00 Å². The van der Waals surface area contributed by atoms with Gasteiger partial charge in [-0.2, -0.15) is 0 Å². The fourth-order valence-electron chi connectivity index (χ4n) is 3.86. The molecule has 4 aromatic rings. The molecule has 2 amide bonds. The molecule has 0 bridgehead atoms. The van der Waals surface area contributed by atoms with Crippen molar-refractivity contribution in [2.24, 2.45) is 19.1 Å². The Balaban J connectivity index is 1.27. The maximum absolute atomic E-state index is 12.5. The molecule has 4 rings (SSSR count). The number of aromatic nitrogens is 4. The van der Waals surface area contributed by atoms with Crippen LogP contribution in [0, 0.1) is 0 Å². The lowest BCUT2D eigenvalue weighted by Gasteiger charge is -2.08. The van der Waals surface area contributed by atoms with Crippen molar-refractivity contribution in [1.82, 2.24) is 29.7 Å². The zero-order chi connectivity index (χ0) is 29.5. The van der Waals surface area contributed by atoms with E-state index in [1.54, 1.807) is 56.7 Å². The number of H-pyrrole nitrogens is 2. The van der Waals surface area contributed by atoms with E-state index < -0.39 is 22.5 Å². The maximum atomic E-state index is 12.5. The van der Waals surface area contributed by atoms with Gasteiger partial charge in [-0.1, -0.05) is 12.1 Å². The number of carbonyl (C=O) groups is 2. The van der Waals surface area contributed by atoms with Crippen LogP contribution in [0.3, 0.4) is 0 Å². The molecule has 0 fully saturated rings. The zero-order valence-electron chi connectivity index (χ0n) is 22.2. The molecule has 0 spiro atoms. The van der Waals surface area contributed by atoms with Crippen LogP contribution in [0.5, 0.6) is 0 Å². The molecule has 0 radical (unpaired) electrons. The monoisotopic (exact) mass is 577 g/mol. The maximum Gasteiger partial charge on any atom is 0.328 e. The molecule has 0 saturated heterocycles. The molecule has 4 N–H and O–H groups in total. The summed E-state index contributed by atoms with van der Waals surface area (Å²) in [5.41, 5.74) is 0.233. The summed E-state index contributed by atoms with van der Waals surface area (Å²) in [7, 11) is 3.09. The first-order chi connectivity index (χ1) is 19.6. The Hall–Kier alpha value is -5.11. The summed E-state index contributed by atoms with van der Waals surface area (Å²) in [5.74, 6) is -0.582. The lowest BCUT2D eigenvalue weighted by molar-refractivity contribution is 0.0947. The minimum absolute atomic E-state index is 0.248. The number of nitrogens with one attached hydrogen (secondary N) is 4. The van der Waals surface area contributed by atoms with E-state index in [0.29, 0.717) is 39.7 Å². The van der Waals surface area contributed by atoms with Crippen LogP contribution in [0.1, 0.15) is 37.0 Å². The van der Waals surface area contributed by atoms with Crippen molar-refractivity contribution in [2.75, 3.05) is 13.1 Å². The fraction of sp³-hybridized carbons (Fsp3) is 0.222. The molecule has 0 aliphatic heterocycles. The third kappa shape index (κ3) is 7.51. The number of hydrogen-bond donors (Lipinski definition) is 4. The summed E-state index contributed by atoms with van der Waals surface area (Å²) in [6.07, 6.45) is 2.26. The van der Waals surface area contributed by atoms with Gasteiger partial charge in [0.1, 0.15) is 5.00 Å². The van der Waals surface area contributed by atoms with E-state index >= 15 is 0 Å². The Kier molecular flexibility index (Phi) is 9.04. The number of hydrogen-bond acceptors (Lipinski definition) is 8. The van der Waals surface area contributed by atoms with Gasteiger partial charge in [-0.05, 0) is 29.8 Å². The van der Waals surface area contributed by atoms with E-state index in [1.165, 1.54) is 32.6 Å². The first kappa shape index (κ1) is 28.9. The van der Waals surface area contributed by atoms with Crippen LogP contribution in [0.25, 0.3) is 0 Å². The number of carbonyl (C=O) groups excluding carboxylic acids is 2. The Morgan fingerprint density at radius 1 is 0.805 bits per heavy atom. The standard InChI is InChI=1S/C27H27N7O6S/c1-33-18(13-21(35)31-26(33)39)9-11-28-24(37)17-5-3-16(4-6-17)15-30-23-8-7-20(41-23)25(38)29-12-10-19-14-22(36)32-27(40)34(19)2/h3-8,13-15H,9-12H2,1-2H3,(H,28,37)(H,29,38)(H,31,35,39)(H,32,36,40)/b30-15+. The van der Waals surface area contributed by atoms with Gasteiger partial charge < -0.3 is 19.8 Å². The molecule has 212 valence electrons. The number of aliphatic imine (C=N–C) groups is 1. The predicted molar refractivity (Wildman–Crippen MR) is 155 cm³/mol. The Bertz CT molecular complexity index is 1840. The predicted octanol–water partition coefficient (Wildman–Crippen LogP) is 0.218. The summed E-state index contributed by atoms with van der Waals surface area (Å²) < 4.78 is 2.65. The van der Waals surface area contributed by atoms with Gasteiger partial charge in [-0.15, -0.1) is 11.3 Å². The van der Waals surface area contributed by atoms with E-state index in [0.717, 1.165) is 5.56 Å². The van der Waals surface area contributed by atoms with Crippen LogP contribution < -0.4 is 33.1 Å². The van der Waals surface area contributed by atoms with E-state index in [2.05, 4.69) is 25.6 Å². The van der Waals surface area contributed by atoms with Crippen LogP contribution in [-0.2, 0) is 26.9 Å². The molecule has 41 heavy (non-hydrogen) atoms. The van der Waals surface area contributed by atoms with Crippen molar-refractivity contribution >= 4 is 34.4 Å². The zero-order valence-corrected chi connectivity index (χ0v) is 23.0. The van der Waals surface area contributed by atoms with E-state index in [4.69, 9.17) is 0 Å². The van der Waals surface area contributed by atoms with E-state index in [1.807, 2.05) is 0 Å². The normalized spacial score (nSPS) is 11.1. The summed E-state index contributed by atoms with van der Waals surface area (Å²) >= 11 is 1.21. The van der Waals surface area contributed by atoms with Crippen LogP contribution in [-0.4, -0.2) is 50.2 Å². The van der Waals surface area contributed by atoms with Crippen molar-refractivity contribution < 1.29 is 9.59 Å². The average molecular weight is 578 g/mol. The second-order valence-electron chi connectivity index (χ2n) is 9.01. The quantitative estimate of drug-likeness (QED) is 0.196. The van der Waals surface area contributed by atoms with E-state index in [9.17, 15) is 28.8 Å². The van der Waals surface area contributed by atoms with Gasteiger partial charge in [-0.25, -0.2) is 14.6 Å². The van der Waals surface area contributed by atoms with Gasteiger partial charge in [-0.3, -0.25) is 29.1 Å². The highest BCUT2D eigenvalue weighted by Crippen LogP contribution is 2.24. The second-order valence-corrected chi connectivity index (χ2v) is 10.1. The SMILES string of the molecule is Cn1c(CCNC(=O)c2ccc(/C=N/c3ccc(C(=O)NCCc4cc(=O)[nH]c(=O)n4C)s3)cc2)cc(=O)[nH]c1=O. The first-order valence-electron chi connectivity index (χ1n) is 12.5. The van der Waals surface area contributed by atoms with Crippen molar-refractivity contribution in [3.8, 4) is 0 Å². The third-order valence-electron chi connectivity index (χ3n) is 6.19. The second kappa shape index (κ2) is 12.8. The highest BCUT2D eigenvalue weighted by Gasteiger charge is 2.10. The van der Waals surface area contributed by atoms with E-state index in [-0.39, 0.29) is 24.9 Å². The topological polar surface area (TPSA) is 180 Å². The van der Waals surface area contributed by atoms with Crippen LogP contribution >= 0.6 is 11.3 Å². The number of benzene rings is 1. The van der Waals surface area contributed by atoms with Crippen molar-refractivity contribution in [3.05, 3.63) is 118 Å². The summed E-state index contributed by atoms with van der Waals surface area (Å²) in [5, 5.41) is 6.16. The number of rotatable bonds is 10. The van der Waals surface area contributed by atoms with Gasteiger partial charge in [0.2, 0.25) is 0 Å². The van der Waals surface area contributed by atoms with Crippen LogP contribution in [0.2, 0.25) is 0 Å². The number of nitrogens with zero attached hydrogens (tertiary/aromatic N) is 3. The molecule has 0 saturated carbocycles. The molecular weight excluding hydrogens is 550 g/mol. The number of aromatic amines is 2. The van der Waals surface area contributed by atoms with Crippen LogP contribution in [0.15, 0.2) is 72.7 Å². The van der Waals surface area contributed by atoms with Gasteiger partial charge in [0, 0.05) is 75.3 Å². The van der Waals surface area contributed by atoms with Crippen molar-refractivity contribution in [1.29, 1.82) is 0 Å². The molecule has 0 unspecified atom stereocenters. The van der Waals surface area contributed by atoms with Gasteiger partial charge in [0.25, 0.3) is 22.9 Å². The molecule has 3 heterocycles. The lowest BCUT2D eigenvalue weighted by atomic mass is 10.1. The molecule has 0 aliphatic rings. The molecule has 3 aromatic heterocycles. The van der Waals surface area contributed by atoms with Crippen molar-refractivity contribution in [3.63, 3.8) is 0 Å². The van der Waals surface area contributed by atoms with Crippen molar-refractivity contribution in [2.45, 2.75) is 12.8 Å². The number of thiophene rings is 1. The average Bonchev–Trinajstić information content (AvgIpc) is 3.42. The molecular formula is C27H27N7O6S. The Morgan fingerprint density at radius 2 is 1.34 bits per heavy atom. The minimum atomic E-state index is -0.508. The summed E-state index contributed by atoms with van der Waals surface area (Å²) in [6.45, 7) is 0.497. The first-order valence-corrected chi connectivity index (χ1v) is 13.3. The Morgan fingerprint density at radius 3 is 1.90 bits per heavy atom. The largest absolute Gasteiger partial charge is 0.352 e. The highest BCUT2D eigenvalue weighted by molar-refractivity contribution is 7.17. The number of amides is 2. The summed E-state index contributed by atoms with van der Waals surface area (Å²) in [6, 6.07) is 12.8. The Labute approximate surface area is 236 Å². The molecule has 13 nitrogen and oxygen atoms in total.